The number of hydrogen-bond acceptors (Lipinski definition) is 3. The number of anilines is 1. The molecule has 0 heterocycles. The van der Waals surface area contributed by atoms with Crippen LogP contribution in [0.2, 0.25) is 5.02 Å². The average Bonchev–Trinajstić information content (AvgIpc) is 2.64. The van der Waals surface area contributed by atoms with Gasteiger partial charge in [0.1, 0.15) is 11.5 Å². The van der Waals surface area contributed by atoms with E-state index >= 15 is 0 Å². The maximum absolute atomic E-state index is 12.1. The third kappa shape index (κ3) is 8.22. The molecule has 0 radical (unpaired) electrons. The Hall–Kier alpha value is -1.72. The molecule has 2 aromatic rings. The highest BCUT2D eigenvalue weighted by atomic mass is 79.9. The number of unbranched alkanes of at least 4 members (excludes halogenated alkanes) is 4. The van der Waals surface area contributed by atoms with Gasteiger partial charge in [-0.15, -0.1) is 0 Å². The van der Waals surface area contributed by atoms with Crippen molar-refractivity contribution in [2.45, 2.75) is 39.0 Å². The fourth-order valence-electron chi connectivity index (χ4n) is 2.49. The predicted octanol–water partition coefficient (Wildman–Crippen LogP) is 6.47. The number of carbonyl (C=O) groups excluding carboxylic acids is 1. The Morgan fingerprint density at radius 2 is 1.89 bits per heavy atom. The van der Waals surface area contributed by atoms with E-state index in [0.717, 1.165) is 12.2 Å². The molecule has 0 saturated heterocycles. The summed E-state index contributed by atoms with van der Waals surface area (Å²) in [6.07, 6.45) is 5.99. The molecule has 2 rings (SSSR count). The molecule has 0 aliphatic carbocycles. The summed E-state index contributed by atoms with van der Waals surface area (Å²) in [4.78, 5) is 12.1. The Labute approximate surface area is 174 Å². The SMILES string of the molecule is CCCCCCCOc1cccc(NC(=O)COc2ccc(Cl)cc2Br)c1. The second kappa shape index (κ2) is 11.9. The highest BCUT2D eigenvalue weighted by Gasteiger charge is 2.07. The van der Waals surface area contributed by atoms with Crippen LogP contribution in [0.4, 0.5) is 5.69 Å². The fourth-order valence-corrected chi connectivity index (χ4v) is 3.29. The van der Waals surface area contributed by atoms with Gasteiger partial charge >= 0.3 is 0 Å². The third-order valence-electron chi connectivity index (χ3n) is 3.89. The minimum atomic E-state index is -0.242. The minimum absolute atomic E-state index is 0.0945. The quantitative estimate of drug-likeness (QED) is 0.396. The van der Waals surface area contributed by atoms with Gasteiger partial charge in [-0.3, -0.25) is 4.79 Å². The first-order chi connectivity index (χ1) is 13.1. The Kier molecular flexibility index (Phi) is 9.50. The highest BCUT2D eigenvalue weighted by Crippen LogP contribution is 2.28. The lowest BCUT2D eigenvalue weighted by Crippen LogP contribution is -2.20. The fraction of sp³-hybridized carbons (Fsp3) is 0.381. The molecule has 6 heteroatoms. The van der Waals surface area contributed by atoms with Crippen LogP contribution in [0.1, 0.15) is 39.0 Å². The van der Waals surface area contributed by atoms with Gasteiger partial charge < -0.3 is 14.8 Å². The average molecular weight is 455 g/mol. The zero-order valence-corrected chi connectivity index (χ0v) is 17.8. The molecular weight excluding hydrogens is 430 g/mol. The van der Waals surface area contributed by atoms with E-state index in [1.54, 1.807) is 18.2 Å². The molecule has 1 amide bonds. The van der Waals surface area contributed by atoms with Crippen molar-refractivity contribution in [3.8, 4) is 11.5 Å². The Morgan fingerprint density at radius 1 is 1.07 bits per heavy atom. The zero-order chi connectivity index (χ0) is 19.5. The predicted molar refractivity (Wildman–Crippen MR) is 114 cm³/mol. The monoisotopic (exact) mass is 453 g/mol. The highest BCUT2D eigenvalue weighted by molar-refractivity contribution is 9.10. The number of amides is 1. The molecule has 0 saturated carbocycles. The smallest absolute Gasteiger partial charge is 0.262 e. The van der Waals surface area contributed by atoms with Gasteiger partial charge in [-0.1, -0.05) is 50.3 Å². The first kappa shape index (κ1) is 21.6. The molecule has 1 N–H and O–H groups in total. The van der Waals surface area contributed by atoms with Gasteiger partial charge in [-0.2, -0.15) is 0 Å². The molecule has 0 bridgehead atoms. The van der Waals surface area contributed by atoms with E-state index < -0.39 is 0 Å². The molecule has 0 aliphatic heterocycles. The Balaban J connectivity index is 1.76. The van der Waals surface area contributed by atoms with E-state index in [1.807, 2.05) is 24.3 Å². The van der Waals surface area contributed by atoms with Crippen LogP contribution < -0.4 is 14.8 Å². The van der Waals surface area contributed by atoms with Gasteiger partial charge in [0.15, 0.2) is 6.61 Å². The van der Waals surface area contributed by atoms with Crippen LogP contribution in [0.5, 0.6) is 11.5 Å². The van der Waals surface area contributed by atoms with Crippen LogP contribution in [0, 0.1) is 0 Å². The second-order valence-electron chi connectivity index (χ2n) is 6.20. The van der Waals surface area contributed by atoms with Gasteiger partial charge in [0.05, 0.1) is 11.1 Å². The van der Waals surface area contributed by atoms with E-state index in [4.69, 9.17) is 21.1 Å². The lowest BCUT2D eigenvalue weighted by atomic mass is 10.2. The van der Waals surface area contributed by atoms with E-state index in [0.29, 0.717) is 27.5 Å². The molecule has 0 aliphatic rings. The largest absolute Gasteiger partial charge is 0.494 e. The maximum Gasteiger partial charge on any atom is 0.262 e. The molecule has 4 nitrogen and oxygen atoms in total. The standard InChI is InChI=1S/C21H25BrClNO3/c1-2-3-4-5-6-12-26-18-9-7-8-17(14-18)24-21(25)15-27-20-11-10-16(23)13-19(20)22/h7-11,13-14H,2-6,12,15H2,1H3,(H,24,25). The first-order valence-electron chi connectivity index (χ1n) is 9.19. The van der Waals surface area contributed by atoms with Gasteiger partial charge in [-0.05, 0) is 52.7 Å². The molecule has 0 spiro atoms. The van der Waals surface area contributed by atoms with Crippen LogP contribution in [0.3, 0.4) is 0 Å². The lowest BCUT2D eigenvalue weighted by molar-refractivity contribution is -0.118. The summed E-state index contributed by atoms with van der Waals surface area (Å²) in [6.45, 7) is 2.80. The molecule has 0 aromatic heterocycles. The van der Waals surface area contributed by atoms with Crippen LogP contribution >= 0.6 is 27.5 Å². The van der Waals surface area contributed by atoms with E-state index in [9.17, 15) is 4.79 Å². The van der Waals surface area contributed by atoms with Crippen LogP contribution in [0.25, 0.3) is 0 Å². The molecule has 2 aromatic carbocycles. The summed E-state index contributed by atoms with van der Waals surface area (Å²) in [5.74, 6) is 1.08. The van der Waals surface area contributed by atoms with Crippen LogP contribution in [0.15, 0.2) is 46.9 Å². The van der Waals surface area contributed by atoms with Crippen molar-refractivity contribution in [2.75, 3.05) is 18.5 Å². The summed E-state index contributed by atoms with van der Waals surface area (Å²) < 4.78 is 12.0. The third-order valence-corrected chi connectivity index (χ3v) is 4.74. The normalized spacial score (nSPS) is 10.5. The van der Waals surface area contributed by atoms with Gasteiger partial charge in [0.2, 0.25) is 0 Å². The number of carbonyl (C=O) groups is 1. The number of halogens is 2. The lowest BCUT2D eigenvalue weighted by Gasteiger charge is -2.11. The van der Waals surface area contributed by atoms with Gasteiger partial charge in [0.25, 0.3) is 5.91 Å². The van der Waals surface area contributed by atoms with Gasteiger partial charge in [0, 0.05) is 16.8 Å². The van der Waals surface area contributed by atoms with Crippen molar-refractivity contribution >= 4 is 39.1 Å². The van der Waals surface area contributed by atoms with Crippen molar-refractivity contribution < 1.29 is 14.3 Å². The van der Waals surface area contributed by atoms with Crippen molar-refractivity contribution in [1.82, 2.24) is 0 Å². The van der Waals surface area contributed by atoms with Crippen molar-refractivity contribution in [3.63, 3.8) is 0 Å². The molecule has 0 atom stereocenters. The van der Waals surface area contributed by atoms with Crippen LogP contribution in [-0.2, 0) is 4.79 Å². The second-order valence-corrected chi connectivity index (χ2v) is 7.49. The summed E-state index contributed by atoms with van der Waals surface area (Å²) >= 11 is 9.25. The summed E-state index contributed by atoms with van der Waals surface area (Å²) in [5.41, 5.74) is 0.683. The Bertz CT molecular complexity index is 739. The maximum atomic E-state index is 12.1. The van der Waals surface area contributed by atoms with Crippen molar-refractivity contribution in [2.24, 2.45) is 0 Å². The number of benzene rings is 2. The summed E-state index contributed by atoms with van der Waals surface area (Å²) in [7, 11) is 0. The number of rotatable bonds is 11. The summed E-state index contributed by atoms with van der Waals surface area (Å²) in [5, 5.41) is 3.41. The number of ether oxygens (including phenoxy) is 2. The van der Waals surface area contributed by atoms with E-state index in [1.165, 1.54) is 25.7 Å². The van der Waals surface area contributed by atoms with Crippen molar-refractivity contribution in [1.29, 1.82) is 0 Å². The number of hydrogen-bond donors (Lipinski definition) is 1. The van der Waals surface area contributed by atoms with E-state index in [-0.39, 0.29) is 12.5 Å². The van der Waals surface area contributed by atoms with Crippen molar-refractivity contribution in [3.05, 3.63) is 52.0 Å². The van der Waals surface area contributed by atoms with Gasteiger partial charge in [-0.25, -0.2) is 0 Å². The summed E-state index contributed by atoms with van der Waals surface area (Å²) in [6, 6.07) is 12.5. The van der Waals surface area contributed by atoms with E-state index in [2.05, 4.69) is 28.2 Å². The Morgan fingerprint density at radius 3 is 2.67 bits per heavy atom. The van der Waals surface area contributed by atoms with Crippen LogP contribution in [-0.4, -0.2) is 19.1 Å². The molecule has 0 unspecified atom stereocenters. The zero-order valence-electron chi connectivity index (χ0n) is 15.5. The first-order valence-corrected chi connectivity index (χ1v) is 10.4. The molecule has 146 valence electrons. The minimum Gasteiger partial charge on any atom is -0.494 e. The topological polar surface area (TPSA) is 47.6 Å². The molecular formula is C21H25BrClNO3. The number of nitrogens with one attached hydrogen (secondary N) is 1. The molecule has 27 heavy (non-hydrogen) atoms. The molecule has 0 fully saturated rings.